The number of hydrogen-bond donors (Lipinski definition) is 2. The van der Waals surface area contributed by atoms with Crippen LogP contribution in [0.1, 0.15) is 29.8 Å². The molecule has 0 radical (unpaired) electrons. The van der Waals surface area contributed by atoms with E-state index in [1.807, 2.05) is 0 Å². The maximum absolute atomic E-state index is 13.0. The maximum atomic E-state index is 13.0. The Hall–Kier alpha value is -2.80. The number of carbonyl (C=O) groups excluding carboxylic acids is 1. The molecule has 0 saturated carbocycles. The molecular formula is C18H17NO5S. The number of phenolic OH excluding ortho intramolecular Hbond substituents is 2. The summed E-state index contributed by atoms with van der Waals surface area (Å²) in [6.07, 6.45) is 1.40. The molecule has 0 fully saturated rings. The van der Waals surface area contributed by atoms with Gasteiger partial charge in [0.25, 0.3) is 10.0 Å². The van der Waals surface area contributed by atoms with Gasteiger partial charge in [0.1, 0.15) is 5.70 Å². The summed E-state index contributed by atoms with van der Waals surface area (Å²) in [6.45, 7) is 3.36. The summed E-state index contributed by atoms with van der Waals surface area (Å²) in [4.78, 5) is 12.9. The number of allylic oxidation sites excluding steroid dienone is 1. The molecule has 6 nitrogen and oxygen atoms in total. The fourth-order valence-electron chi connectivity index (χ4n) is 2.83. The highest BCUT2D eigenvalue weighted by Gasteiger charge is 2.40. The highest BCUT2D eigenvalue weighted by molar-refractivity contribution is 7.89. The van der Waals surface area contributed by atoms with Crippen molar-refractivity contribution in [3.8, 4) is 11.5 Å². The second-order valence-electron chi connectivity index (χ2n) is 6.00. The molecule has 0 aliphatic carbocycles. The van der Waals surface area contributed by atoms with Crippen molar-refractivity contribution < 1.29 is 23.4 Å². The summed E-state index contributed by atoms with van der Waals surface area (Å²) in [5.41, 5.74) is 0.520. The number of aromatic hydroxyl groups is 2. The van der Waals surface area contributed by atoms with Gasteiger partial charge < -0.3 is 10.2 Å². The van der Waals surface area contributed by atoms with Gasteiger partial charge in [0, 0.05) is 11.6 Å². The molecule has 0 spiro atoms. The topological polar surface area (TPSA) is 94.9 Å². The molecule has 0 aromatic heterocycles. The Morgan fingerprint density at radius 3 is 2.36 bits per heavy atom. The number of benzene rings is 2. The van der Waals surface area contributed by atoms with E-state index in [-0.39, 0.29) is 27.7 Å². The molecule has 7 heteroatoms. The van der Waals surface area contributed by atoms with Crippen LogP contribution in [0.25, 0.3) is 6.08 Å². The van der Waals surface area contributed by atoms with Crippen molar-refractivity contribution in [2.24, 2.45) is 0 Å². The number of rotatable bonds is 2. The number of sulfonamides is 1. The molecule has 0 bridgehead atoms. The van der Waals surface area contributed by atoms with E-state index in [0.29, 0.717) is 5.56 Å². The van der Waals surface area contributed by atoms with Crippen LogP contribution in [0.15, 0.2) is 53.1 Å². The second kappa shape index (κ2) is 5.93. The Bertz CT molecular complexity index is 992. The van der Waals surface area contributed by atoms with Crippen LogP contribution in [-0.4, -0.2) is 34.8 Å². The predicted octanol–water partition coefficient (Wildman–Crippen LogP) is 2.73. The van der Waals surface area contributed by atoms with E-state index in [1.54, 1.807) is 26.0 Å². The molecule has 130 valence electrons. The summed E-state index contributed by atoms with van der Waals surface area (Å²) < 4.78 is 27.0. The van der Waals surface area contributed by atoms with Crippen molar-refractivity contribution in [1.82, 2.24) is 4.31 Å². The summed E-state index contributed by atoms with van der Waals surface area (Å²) >= 11 is 0. The fourth-order valence-corrected chi connectivity index (χ4v) is 4.68. The molecule has 25 heavy (non-hydrogen) atoms. The van der Waals surface area contributed by atoms with E-state index in [0.717, 1.165) is 4.31 Å². The molecule has 1 heterocycles. The summed E-state index contributed by atoms with van der Waals surface area (Å²) in [7, 11) is -3.87. The quantitative estimate of drug-likeness (QED) is 0.635. The Balaban J connectivity index is 2.25. The van der Waals surface area contributed by atoms with Crippen molar-refractivity contribution in [3.05, 3.63) is 59.3 Å². The second-order valence-corrected chi connectivity index (χ2v) is 7.78. The van der Waals surface area contributed by atoms with Crippen LogP contribution in [0.3, 0.4) is 0 Å². The van der Waals surface area contributed by atoms with Crippen LogP contribution in [0.4, 0.5) is 0 Å². The zero-order chi connectivity index (χ0) is 18.4. The molecule has 0 atom stereocenters. The fraction of sp³-hybridized carbons (Fsp3) is 0.167. The largest absolute Gasteiger partial charge is 0.504 e. The monoisotopic (exact) mass is 359 g/mol. The van der Waals surface area contributed by atoms with Crippen LogP contribution >= 0.6 is 0 Å². The van der Waals surface area contributed by atoms with Crippen LogP contribution < -0.4 is 0 Å². The lowest BCUT2D eigenvalue weighted by Crippen LogP contribution is -2.43. The lowest BCUT2D eigenvalue weighted by molar-refractivity contribution is 0.0996. The molecule has 2 aromatic carbocycles. The van der Waals surface area contributed by atoms with Crippen molar-refractivity contribution in [3.63, 3.8) is 0 Å². The first-order chi connectivity index (χ1) is 11.7. The number of fused-ring (bicyclic) bond motifs is 1. The Labute approximate surface area is 145 Å². The zero-order valence-corrected chi connectivity index (χ0v) is 14.5. The van der Waals surface area contributed by atoms with Crippen molar-refractivity contribution in [1.29, 1.82) is 0 Å². The predicted molar refractivity (Wildman–Crippen MR) is 92.7 cm³/mol. The van der Waals surface area contributed by atoms with E-state index >= 15 is 0 Å². The van der Waals surface area contributed by atoms with E-state index in [9.17, 15) is 23.4 Å². The van der Waals surface area contributed by atoms with E-state index in [2.05, 4.69) is 0 Å². The molecule has 1 aliphatic heterocycles. The van der Waals surface area contributed by atoms with Gasteiger partial charge in [0.15, 0.2) is 11.5 Å². The minimum absolute atomic E-state index is 0.00112. The lowest BCUT2D eigenvalue weighted by Gasteiger charge is -2.34. The highest BCUT2D eigenvalue weighted by atomic mass is 32.2. The van der Waals surface area contributed by atoms with Gasteiger partial charge in [-0.15, -0.1) is 0 Å². The summed E-state index contributed by atoms with van der Waals surface area (Å²) in [5.74, 6) is -1.06. The Kier molecular flexibility index (Phi) is 4.04. The first kappa shape index (κ1) is 17.0. The van der Waals surface area contributed by atoms with Gasteiger partial charge in [0.2, 0.25) is 5.78 Å². The molecule has 1 aliphatic rings. The molecule has 2 N–H and O–H groups in total. The minimum atomic E-state index is -3.87. The number of hydrogen-bond acceptors (Lipinski definition) is 5. The van der Waals surface area contributed by atoms with E-state index in [1.165, 1.54) is 36.4 Å². The van der Waals surface area contributed by atoms with Crippen LogP contribution in [0.2, 0.25) is 0 Å². The number of Topliss-reactive ketones (excluding diaryl/α,β-unsaturated/α-hetero) is 1. The normalized spacial score (nSPS) is 17.8. The highest BCUT2D eigenvalue weighted by Crippen LogP contribution is 2.35. The molecular weight excluding hydrogens is 342 g/mol. The number of phenols is 2. The summed E-state index contributed by atoms with van der Waals surface area (Å²) in [6, 6.07) is 9.64. The number of carbonyl (C=O) groups is 1. The molecule has 3 rings (SSSR count). The van der Waals surface area contributed by atoms with Crippen molar-refractivity contribution in [2.45, 2.75) is 24.8 Å². The third-order valence-corrected chi connectivity index (χ3v) is 5.96. The van der Waals surface area contributed by atoms with Gasteiger partial charge in [-0.25, -0.2) is 8.42 Å². The van der Waals surface area contributed by atoms with Crippen LogP contribution in [0.5, 0.6) is 11.5 Å². The molecule has 2 aromatic rings. The van der Waals surface area contributed by atoms with E-state index in [4.69, 9.17) is 0 Å². The number of nitrogens with zero attached hydrogens (tertiary/aromatic N) is 1. The molecule has 0 unspecified atom stereocenters. The third kappa shape index (κ3) is 2.76. The first-order valence-corrected chi connectivity index (χ1v) is 9.09. The smallest absolute Gasteiger partial charge is 0.265 e. The van der Waals surface area contributed by atoms with Gasteiger partial charge in [0.05, 0.1) is 4.90 Å². The number of ketones is 1. The average Bonchev–Trinajstić information content (AvgIpc) is 2.55. The van der Waals surface area contributed by atoms with Gasteiger partial charge in [-0.2, -0.15) is 0 Å². The van der Waals surface area contributed by atoms with Gasteiger partial charge in [-0.05, 0) is 49.8 Å². The van der Waals surface area contributed by atoms with Crippen LogP contribution in [0, 0.1) is 0 Å². The standard InChI is InChI=1S/C18H17NO5S/c1-11(2)19-14(9-12-7-8-15(20)16(21)10-12)18(22)13-5-3-4-6-17(13)25(19,23)24/h3-11,20-21H,1-2H3/b14-9+. The Morgan fingerprint density at radius 1 is 1.04 bits per heavy atom. The average molecular weight is 359 g/mol. The van der Waals surface area contributed by atoms with Crippen LogP contribution in [-0.2, 0) is 10.0 Å². The van der Waals surface area contributed by atoms with Gasteiger partial charge >= 0.3 is 0 Å². The zero-order valence-electron chi connectivity index (χ0n) is 13.7. The maximum Gasteiger partial charge on any atom is 0.265 e. The third-order valence-electron chi connectivity index (χ3n) is 3.91. The Morgan fingerprint density at radius 2 is 1.72 bits per heavy atom. The molecule has 0 amide bonds. The summed E-state index contributed by atoms with van der Waals surface area (Å²) in [5, 5.41) is 19.0. The molecule has 0 saturated heterocycles. The first-order valence-electron chi connectivity index (χ1n) is 7.65. The van der Waals surface area contributed by atoms with E-state index < -0.39 is 21.8 Å². The minimum Gasteiger partial charge on any atom is -0.504 e. The SMILES string of the molecule is CC(C)N1/C(=C/c2ccc(O)c(O)c2)C(=O)c2ccccc2S1(=O)=O. The van der Waals surface area contributed by atoms with Crippen molar-refractivity contribution in [2.75, 3.05) is 0 Å². The van der Waals surface area contributed by atoms with Gasteiger partial charge in [-0.3, -0.25) is 9.10 Å². The van der Waals surface area contributed by atoms with Crippen molar-refractivity contribution >= 4 is 21.9 Å². The van der Waals surface area contributed by atoms with Gasteiger partial charge in [-0.1, -0.05) is 18.2 Å². The lowest BCUT2D eigenvalue weighted by atomic mass is 10.0.